The summed E-state index contributed by atoms with van der Waals surface area (Å²) >= 11 is 7.86. The summed E-state index contributed by atoms with van der Waals surface area (Å²) in [6.07, 6.45) is 6.19. The van der Waals surface area contributed by atoms with Gasteiger partial charge in [-0.05, 0) is 55.7 Å². The number of benzene rings is 1. The summed E-state index contributed by atoms with van der Waals surface area (Å²) < 4.78 is 4.94. The van der Waals surface area contributed by atoms with Crippen LogP contribution in [0.2, 0.25) is 5.28 Å². The Morgan fingerprint density at radius 1 is 1.03 bits per heavy atom. The second-order valence-electron chi connectivity index (χ2n) is 8.25. The Hall–Kier alpha value is -1.73. The molecule has 30 heavy (non-hydrogen) atoms. The van der Waals surface area contributed by atoms with Gasteiger partial charge in [0.05, 0.1) is 11.5 Å². The first-order chi connectivity index (χ1) is 14.7. The summed E-state index contributed by atoms with van der Waals surface area (Å²) in [7, 11) is 0. The molecule has 3 fully saturated rings. The molecule has 5 nitrogen and oxygen atoms in total. The number of nitrogens with zero attached hydrogens (tertiary/aromatic N) is 3. The van der Waals surface area contributed by atoms with Crippen molar-refractivity contribution in [2.24, 2.45) is 0 Å². The summed E-state index contributed by atoms with van der Waals surface area (Å²) in [4.78, 5) is 12.4. The maximum atomic E-state index is 10.1. The van der Waals surface area contributed by atoms with Crippen LogP contribution in [0, 0.1) is 0 Å². The van der Waals surface area contributed by atoms with Gasteiger partial charge < -0.3 is 14.7 Å². The van der Waals surface area contributed by atoms with Gasteiger partial charge in [-0.3, -0.25) is 0 Å². The van der Waals surface area contributed by atoms with Crippen molar-refractivity contribution in [2.75, 3.05) is 18.1 Å². The van der Waals surface area contributed by atoms with Crippen molar-refractivity contribution < 1.29 is 9.84 Å². The molecule has 2 atom stereocenters. The second-order valence-corrected chi connectivity index (χ2v) is 9.44. The smallest absolute Gasteiger partial charge is 0.225 e. The predicted octanol–water partition coefficient (Wildman–Crippen LogP) is 5.30. The quantitative estimate of drug-likeness (QED) is 0.544. The molecule has 2 bridgehead atoms. The van der Waals surface area contributed by atoms with Gasteiger partial charge in [0.1, 0.15) is 10.6 Å². The molecule has 158 valence electrons. The number of thiophene rings is 1. The van der Waals surface area contributed by atoms with E-state index in [2.05, 4.69) is 44.5 Å². The van der Waals surface area contributed by atoms with Gasteiger partial charge in [-0.1, -0.05) is 30.3 Å². The summed E-state index contributed by atoms with van der Waals surface area (Å²) in [5.74, 6) is 0.939. The van der Waals surface area contributed by atoms with Crippen molar-refractivity contribution in [3.05, 3.63) is 41.0 Å². The Morgan fingerprint density at radius 3 is 2.37 bits per heavy atom. The first kappa shape index (κ1) is 20.2. The number of aliphatic hydroxyl groups is 1. The molecule has 3 aliphatic rings. The number of aliphatic hydroxyl groups excluding tert-OH is 1. The van der Waals surface area contributed by atoms with Crippen LogP contribution >= 0.6 is 22.9 Å². The van der Waals surface area contributed by atoms with Crippen LogP contribution in [-0.4, -0.2) is 46.5 Å². The van der Waals surface area contributed by atoms with Crippen LogP contribution < -0.4 is 4.90 Å². The molecule has 0 spiro atoms. The van der Waals surface area contributed by atoms with Crippen molar-refractivity contribution in [1.29, 1.82) is 0 Å². The van der Waals surface area contributed by atoms with Crippen LogP contribution in [0.4, 0.5) is 5.82 Å². The van der Waals surface area contributed by atoms with Crippen LogP contribution in [0.15, 0.2) is 35.7 Å². The molecule has 7 heteroatoms. The van der Waals surface area contributed by atoms with E-state index in [-0.39, 0.29) is 6.10 Å². The largest absolute Gasteiger partial charge is 0.393 e. The third-order valence-corrected chi connectivity index (χ3v) is 7.29. The lowest BCUT2D eigenvalue weighted by Crippen LogP contribution is -2.45. The van der Waals surface area contributed by atoms with Gasteiger partial charge in [-0.25, -0.2) is 4.98 Å². The minimum Gasteiger partial charge on any atom is -0.393 e. The molecule has 2 aromatic heterocycles. The molecule has 3 aromatic rings. The van der Waals surface area contributed by atoms with Gasteiger partial charge >= 0.3 is 0 Å². The van der Waals surface area contributed by atoms with E-state index in [1.807, 2.05) is 6.07 Å². The standard InChI is InChI=1S/C19H18ClN3OS.C4H8O/c20-19-21-17(23-12-6-7-13(23)9-14(24)8-12)16-15(10-25-18(16)22-19)11-4-2-1-3-5-11;1-2-4-5-3-1/h1-5,10,12-14,24H,6-9H2;1-4H2. The zero-order valence-corrected chi connectivity index (χ0v) is 18.4. The molecule has 0 aliphatic carbocycles. The molecule has 1 aromatic carbocycles. The van der Waals surface area contributed by atoms with Gasteiger partial charge in [0.25, 0.3) is 0 Å². The van der Waals surface area contributed by atoms with E-state index in [4.69, 9.17) is 16.3 Å². The highest BCUT2D eigenvalue weighted by Crippen LogP contribution is 2.45. The Kier molecular flexibility index (Phi) is 5.92. The van der Waals surface area contributed by atoms with Crippen molar-refractivity contribution in [3.63, 3.8) is 0 Å². The van der Waals surface area contributed by atoms with Crippen molar-refractivity contribution in [1.82, 2.24) is 9.97 Å². The number of piperidine rings is 1. The normalized spacial score (nSPS) is 25.4. The molecular weight excluding hydrogens is 418 g/mol. The lowest BCUT2D eigenvalue weighted by Gasteiger charge is -2.38. The van der Waals surface area contributed by atoms with Gasteiger partial charge in [0, 0.05) is 36.2 Å². The van der Waals surface area contributed by atoms with Crippen LogP contribution in [0.5, 0.6) is 0 Å². The SMILES string of the molecule is C1CCOC1.OC1CC2CCC(C1)N2c1nc(Cl)nc2scc(-c3ccccc3)c12. The Bertz CT molecular complexity index is 987. The third kappa shape index (κ3) is 3.94. The van der Waals surface area contributed by atoms with Crippen molar-refractivity contribution in [2.45, 2.75) is 56.7 Å². The van der Waals surface area contributed by atoms with E-state index < -0.39 is 0 Å². The van der Waals surface area contributed by atoms with E-state index in [0.29, 0.717) is 17.4 Å². The fourth-order valence-corrected chi connectivity index (χ4v) is 6.08. The van der Waals surface area contributed by atoms with Crippen molar-refractivity contribution in [3.8, 4) is 11.1 Å². The first-order valence-corrected chi connectivity index (χ1v) is 12.0. The highest BCUT2D eigenvalue weighted by atomic mass is 35.5. The number of hydrogen-bond acceptors (Lipinski definition) is 6. The predicted molar refractivity (Wildman–Crippen MR) is 122 cm³/mol. The molecule has 0 saturated carbocycles. The Balaban J connectivity index is 0.000000340. The van der Waals surface area contributed by atoms with Gasteiger partial charge in [-0.15, -0.1) is 11.3 Å². The number of aromatic nitrogens is 2. The highest BCUT2D eigenvalue weighted by molar-refractivity contribution is 7.17. The van der Waals surface area contributed by atoms with E-state index >= 15 is 0 Å². The van der Waals surface area contributed by atoms with Crippen LogP contribution in [0.25, 0.3) is 21.3 Å². The summed E-state index contributed by atoms with van der Waals surface area (Å²) in [5, 5.41) is 13.7. The van der Waals surface area contributed by atoms with Gasteiger partial charge in [0.15, 0.2) is 0 Å². The second kappa shape index (κ2) is 8.79. The summed E-state index contributed by atoms with van der Waals surface area (Å²) in [6, 6.07) is 11.0. The number of fused-ring (bicyclic) bond motifs is 3. The number of rotatable bonds is 2. The monoisotopic (exact) mass is 443 g/mol. The number of ether oxygens (including phenoxy) is 1. The Labute approximate surface area is 185 Å². The lowest BCUT2D eigenvalue weighted by atomic mass is 9.98. The molecular formula is C23H26ClN3O2S. The number of halogens is 1. The zero-order valence-electron chi connectivity index (χ0n) is 16.8. The lowest BCUT2D eigenvalue weighted by molar-refractivity contribution is 0.126. The van der Waals surface area contributed by atoms with Crippen LogP contribution in [0.1, 0.15) is 38.5 Å². The zero-order chi connectivity index (χ0) is 20.5. The summed E-state index contributed by atoms with van der Waals surface area (Å²) in [5.41, 5.74) is 2.34. The minimum absolute atomic E-state index is 0.197. The van der Waals surface area contributed by atoms with E-state index in [0.717, 1.165) is 60.5 Å². The number of anilines is 1. The van der Waals surface area contributed by atoms with E-state index in [1.54, 1.807) is 11.3 Å². The van der Waals surface area contributed by atoms with Crippen molar-refractivity contribution >= 4 is 39.0 Å². The maximum Gasteiger partial charge on any atom is 0.225 e. The molecule has 0 radical (unpaired) electrons. The maximum absolute atomic E-state index is 10.1. The van der Waals surface area contributed by atoms with Gasteiger partial charge in [0.2, 0.25) is 5.28 Å². The molecule has 2 unspecified atom stereocenters. The first-order valence-electron chi connectivity index (χ1n) is 10.7. The average molecular weight is 444 g/mol. The molecule has 6 rings (SSSR count). The minimum atomic E-state index is -0.197. The molecule has 1 N–H and O–H groups in total. The van der Waals surface area contributed by atoms with Crippen LogP contribution in [0.3, 0.4) is 0 Å². The fraction of sp³-hybridized carbons (Fsp3) is 0.478. The van der Waals surface area contributed by atoms with Gasteiger partial charge in [-0.2, -0.15) is 4.98 Å². The van der Waals surface area contributed by atoms with Crippen LogP contribution in [-0.2, 0) is 4.74 Å². The average Bonchev–Trinajstić information content (AvgIpc) is 3.49. The number of hydrogen-bond donors (Lipinski definition) is 1. The highest BCUT2D eigenvalue weighted by Gasteiger charge is 2.42. The molecule has 5 heterocycles. The van der Waals surface area contributed by atoms with E-state index in [1.165, 1.54) is 18.4 Å². The Morgan fingerprint density at radius 2 is 1.73 bits per heavy atom. The molecule has 3 aliphatic heterocycles. The fourth-order valence-electron chi connectivity index (χ4n) is 4.92. The van der Waals surface area contributed by atoms with E-state index in [9.17, 15) is 5.11 Å². The third-order valence-electron chi connectivity index (χ3n) is 6.25. The molecule has 3 saturated heterocycles. The topological polar surface area (TPSA) is 58.5 Å². The molecule has 0 amide bonds. The summed E-state index contributed by atoms with van der Waals surface area (Å²) in [6.45, 7) is 2.00.